The van der Waals surface area contributed by atoms with Crippen molar-refractivity contribution < 1.29 is 9.84 Å². The molecule has 0 aliphatic carbocycles. The van der Waals surface area contributed by atoms with E-state index in [0.717, 1.165) is 12.2 Å². The minimum Gasteiger partial charge on any atom is -0.491 e. The molecule has 114 valence electrons. The van der Waals surface area contributed by atoms with E-state index in [9.17, 15) is 5.11 Å². The summed E-state index contributed by atoms with van der Waals surface area (Å²) in [5.74, 6) is 1.40. The Labute approximate surface area is 123 Å². The molecule has 0 amide bonds. The molecule has 0 aliphatic heterocycles. The molecule has 0 heterocycles. The van der Waals surface area contributed by atoms with Crippen molar-refractivity contribution in [2.45, 2.75) is 58.5 Å². The second-order valence-electron chi connectivity index (χ2n) is 6.15. The molecule has 1 rings (SSSR count). The SMILES string of the molecule is CCC(C)c1ccccc1OCC(C)(CO)NC(C)C. The van der Waals surface area contributed by atoms with Gasteiger partial charge in [-0.05, 0) is 30.9 Å². The van der Waals surface area contributed by atoms with Crippen molar-refractivity contribution in [3.63, 3.8) is 0 Å². The fourth-order valence-corrected chi connectivity index (χ4v) is 2.31. The molecule has 2 atom stereocenters. The van der Waals surface area contributed by atoms with Crippen molar-refractivity contribution >= 4 is 0 Å². The van der Waals surface area contributed by atoms with Crippen LogP contribution in [0.4, 0.5) is 0 Å². The summed E-state index contributed by atoms with van der Waals surface area (Å²) in [5.41, 5.74) is 0.816. The topological polar surface area (TPSA) is 41.5 Å². The Morgan fingerprint density at radius 1 is 1.25 bits per heavy atom. The summed E-state index contributed by atoms with van der Waals surface area (Å²) in [5, 5.41) is 13.0. The molecular formula is C17H29NO2. The standard InChI is InChI=1S/C17H29NO2/c1-6-14(4)15-9-7-8-10-16(15)20-12-17(5,11-19)18-13(2)3/h7-10,13-14,18-19H,6,11-12H2,1-5H3. The minimum absolute atomic E-state index is 0.0523. The number of ether oxygens (including phenoxy) is 1. The Hall–Kier alpha value is -1.06. The number of benzene rings is 1. The van der Waals surface area contributed by atoms with Gasteiger partial charge in [-0.15, -0.1) is 0 Å². The number of rotatable bonds is 8. The van der Waals surface area contributed by atoms with Crippen LogP contribution in [0.15, 0.2) is 24.3 Å². The van der Waals surface area contributed by atoms with Gasteiger partial charge in [-0.1, -0.05) is 45.9 Å². The Morgan fingerprint density at radius 3 is 2.45 bits per heavy atom. The van der Waals surface area contributed by atoms with E-state index in [1.807, 2.05) is 25.1 Å². The first-order chi connectivity index (χ1) is 9.41. The lowest BCUT2D eigenvalue weighted by Gasteiger charge is -2.31. The molecular weight excluding hydrogens is 250 g/mol. The Bertz CT molecular complexity index is 406. The van der Waals surface area contributed by atoms with E-state index in [1.54, 1.807) is 0 Å². The highest BCUT2D eigenvalue weighted by atomic mass is 16.5. The van der Waals surface area contributed by atoms with Crippen LogP contribution in [0, 0.1) is 0 Å². The number of hydrogen-bond donors (Lipinski definition) is 2. The molecule has 3 heteroatoms. The van der Waals surface area contributed by atoms with Crippen molar-refractivity contribution in [3.05, 3.63) is 29.8 Å². The molecule has 20 heavy (non-hydrogen) atoms. The van der Waals surface area contributed by atoms with Crippen LogP contribution >= 0.6 is 0 Å². The summed E-state index contributed by atoms with van der Waals surface area (Å²) in [7, 11) is 0. The quantitative estimate of drug-likeness (QED) is 0.767. The Balaban J connectivity index is 2.78. The molecule has 3 nitrogen and oxygen atoms in total. The molecule has 0 bridgehead atoms. The van der Waals surface area contributed by atoms with Gasteiger partial charge in [-0.3, -0.25) is 0 Å². The summed E-state index contributed by atoms with van der Waals surface area (Å²) in [6.45, 7) is 11.0. The summed E-state index contributed by atoms with van der Waals surface area (Å²) in [4.78, 5) is 0. The highest BCUT2D eigenvalue weighted by molar-refractivity contribution is 5.36. The van der Waals surface area contributed by atoms with E-state index in [0.29, 0.717) is 18.6 Å². The number of nitrogens with one attached hydrogen (secondary N) is 1. The van der Waals surface area contributed by atoms with Crippen LogP contribution in [0.5, 0.6) is 5.75 Å². The van der Waals surface area contributed by atoms with E-state index in [4.69, 9.17) is 4.74 Å². The van der Waals surface area contributed by atoms with E-state index < -0.39 is 5.54 Å². The molecule has 0 aliphatic rings. The number of para-hydroxylation sites is 1. The third-order valence-corrected chi connectivity index (χ3v) is 3.59. The van der Waals surface area contributed by atoms with Crippen LogP contribution in [0.1, 0.15) is 52.5 Å². The zero-order valence-electron chi connectivity index (χ0n) is 13.4. The van der Waals surface area contributed by atoms with Crippen molar-refractivity contribution in [3.8, 4) is 5.75 Å². The van der Waals surface area contributed by atoms with Gasteiger partial charge in [-0.2, -0.15) is 0 Å². The second kappa shape index (κ2) is 7.65. The van der Waals surface area contributed by atoms with Gasteiger partial charge in [0.05, 0.1) is 12.1 Å². The minimum atomic E-state index is -0.420. The normalized spacial score (nSPS) is 15.9. The third-order valence-electron chi connectivity index (χ3n) is 3.59. The van der Waals surface area contributed by atoms with Gasteiger partial charge < -0.3 is 15.2 Å². The average molecular weight is 279 g/mol. The summed E-state index contributed by atoms with van der Waals surface area (Å²) in [6, 6.07) is 8.48. The molecule has 0 saturated heterocycles. The zero-order valence-corrected chi connectivity index (χ0v) is 13.4. The van der Waals surface area contributed by atoms with Gasteiger partial charge in [0.2, 0.25) is 0 Å². The fraction of sp³-hybridized carbons (Fsp3) is 0.647. The van der Waals surface area contributed by atoms with Crippen molar-refractivity contribution in [2.24, 2.45) is 0 Å². The zero-order chi connectivity index (χ0) is 15.2. The maximum atomic E-state index is 9.59. The molecule has 0 aromatic heterocycles. The molecule has 0 radical (unpaired) electrons. The number of aliphatic hydroxyl groups is 1. The molecule has 0 fully saturated rings. The summed E-state index contributed by atoms with van der Waals surface area (Å²) < 4.78 is 5.99. The predicted molar refractivity (Wildman–Crippen MR) is 84.4 cm³/mol. The molecule has 2 N–H and O–H groups in total. The van der Waals surface area contributed by atoms with Gasteiger partial charge in [0.1, 0.15) is 12.4 Å². The lowest BCUT2D eigenvalue weighted by molar-refractivity contribution is 0.108. The second-order valence-corrected chi connectivity index (χ2v) is 6.15. The first kappa shape index (κ1) is 17.0. The van der Waals surface area contributed by atoms with Crippen molar-refractivity contribution in [1.82, 2.24) is 5.32 Å². The van der Waals surface area contributed by atoms with Gasteiger partial charge in [0, 0.05) is 6.04 Å². The van der Waals surface area contributed by atoms with E-state index in [-0.39, 0.29) is 6.61 Å². The smallest absolute Gasteiger partial charge is 0.122 e. The van der Waals surface area contributed by atoms with Crippen molar-refractivity contribution in [2.75, 3.05) is 13.2 Å². The number of hydrogen-bond acceptors (Lipinski definition) is 3. The molecule has 0 saturated carbocycles. The van der Waals surface area contributed by atoms with Crippen LogP contribution in [-0.4, -0.2) is 29.9 Å². The van der Waals surface area contributed by atoms with Crippen LogP contribution < -0.4 is 10.1 Å². The third kappa shape index (κ3) is 4.80. The summed E-state index contributed by atoms with van der Waals surface area (Å²) >= 11 is 0. The highest BCUT2D eigenvalue weighted by Gasteiger charge is 2.25. The van der Waals surface area contributed by atoms with E-state index in [1.165, 1.54) is 5.56 Å². The lowest BCUT2D eigenvalue weighted by Crippen LogP contribution is -2.53. The van der Waals surface area contributed by atoms with Gasteiger partial charge in [0.15, 0.2) is 0 Å². The Morgan fingerprint density at radius 2 is 1.90 bits per heavy atom. The molecule has 1 aromatic carbocycles. The van der Waals surface area contributed by atoms with Crippen LogP contribution in [-0.2, 0) is 0 Å². The fourth-order valence-electron chi connectivity index (χ4n) is 2.31. The van der Waals surface area contributed by atoms with Crippen molar-refractivity contribution in [1.29, 1.82) is 0 Å². The summed E-state index contributed by atoms with van der Waals surface area (Å²) in [6.07, 6.45) is 1.09. The number of aliphatic hydroxyl groups excluding tert-OH is 1. The van der Waals surface area contributed by atoms with Crippen LogP contribution in [0.25, 0.3) is 0 Å². The van der Waals surface area contributed by atoms with Crippen LogP contribution in [0.2, 0.25) is 0 Å². The molecule has 2 unspecified atom stereocenters. The van der Waals surface area contributed by atoms with E-state index >= 15 is 0 Å². The first-order valence-corrected chi connectivity index (χ1v) is 7.52. The highest BCUT2D eigenvalue weighted by Crippen LogP contribution is 2.28. The van der Waals surface area contributed by atoms with Crippen LogP contribution in [0.3, 0.4) is 0 Å². The maximum Gasteiger partial charge on any atom is 0.122 e. The van der Waals surface area contributed by atoms with Gasteiger partial charge >= 0.3 is 0 Å². The monoisotopic (exact) mass is 279 g/mol. The first-order valence-electron chi connectivity index (χ1n) is 7.52. The Kier molecular flexibility index (Phi) is 6.50. The molecule has 0 spiro atoms. The van der Waals surface area contributed by atoms with E-state index in [2.05, 4.69) is 39.1 Å². The lowest BCUT2D eigenvalue weighted by atomic mass is 9.97. The van der Waals surface area contributed by atoms with Gasteiger partial charge in [0.25, 0.3) is 0 Å². The molecule has 1 aromatic rings. The average Bonchev–Trinajstić information content (AvgIpc) is 2.44. The predicted octanol–water partition coefficient (Wildman–Crippen LogP) is 3.33. The van der Waals surface area contributed by atoms with Gasteiger partial charge in [-0.25, -0.2) is 0 Å². The largest absolute Gasteiger partial charge is 0.491 e. The maximum absolute atomic E-state index is 9.59.